The van der Waals surface area contributed by atoms with Gasteiger partial charge in [-0.2, -0.15) is 0 Å². The Morgan fingerprint density at radius 2 is 1.89 bits per heavy atom. The Bertz CT molecular complexity index is 954. The summed E-state index contributed by atoms with van der Waals surface area (Å²) in [6, 6.07) is 13.6. The van der Waals surface area contributed by atoms with E-state index in [1.54, 1.807) is 17.4 Å². The Balaban J connectivity index is 1.83. The van der Waals surface area contributed by atoms with Gasteiger partial charge in [-0.1, -0.05) is 30.3 Å². The van der Waals surface area contributed by atoms with Crippen molar-refractivity contribution in [1.29, 1.82) is 0 Å². The molecule has 0 unspecified atom stereocenters. The fraction of sp³-hybridized carbons (Fsp3) is 0.250. The van der Waals surface area contributed by atoms with Crippen molar-refractivity contribution in [2.45, 2.75) is 6.54 Å². The third-order valence-corrected chi connectivity index (χ3v) is 4.95. The molecule has 0 N–H and O–H groups in total. The number of esters is 1. The van der Waals surface area contributed by atoms with Crippen LogP contribution in [0.2, 0.25) is 0 Å². The number of hydrogen-bond acceptors (Lipinski definition) is 6. The Hall–Kier alpha value is -2.77. The first-order valence-corrected chi connectivity index (χ1v) is 9.30. The third-order valence-electron chi connectivity index (χ3n) is 4.12. The molecule has 7 heteroatoms. The zero-order valence-corrected chi connectivity index (χ0v) is 16.0. The highest BCUT2D eigenvalue weighted by atomic mass is 32.1. The Labute approximate surface area is 161 Å². The maximum atomic E-state index is 13.1. The minimum atomic E-state index is -0.484. The van der Waals surface area contributed by atoms with Gasteiger partial charge in [-0.25, -0.2) is 9.78 Å². The number of methoxy groups -OCH3 is 2. The largest absolute Gasteiger partial charge is 0.464 e. The molecule has 6 nitrogen and oxygen atoms in total. The fourth-order valence-electron chi connectivity index (χ4n) is 2.70. The van der Waals surface area contributed by atoms with E-state index in [0.717, 1.165) is 10.8 Å². The van der Waals surface area contributed by atoms with Crippen molar-refractivity contribution in [2.75, 3.05) is 27.4 Å². The van der Waals surface area contributed by atoms with Crippen LogP contribution in [0, 0.1) is 0 Å². The van der Waals surface area contributed by atoms with Crippen LogP contribution in [-0.4, -0.2) is 49.1 Å². The molecule has 0 spiro atoms. The van der Waals surface area contributed by atoms with Crippen LogP contribution in [0.25, 0.3) is 10.8 Å². The van der Waals surface area contributed by atoms with Crippen LogP contribution in [0.1, 0.15) is 25.9 Å². The van der Waals surface area contributed by atoms with E-state index in [2.05, 4.69) is 9.72 Å². The Morgan fingerprint density at radius 3 is 2.63 bits per heavy atom. The lowest BCUT2D eigenvalue weighted by Crippen LogP contribution is -2.33. The van der Waals surface area contributed by atoms with Crippen LogP contribution in [-0.2, 0) is 16.0 Å². The summed E-state index contributed by atoms with van der Waals surface area (Å²) in [5.41, 5.74) is 0.858. The molecule has 0 saturated carbocycles. The standard InChI is InChI=1S/C20H20N2O4S/c1-25-10-9-22(12-18-21-17(13-27-18)20(24)26-2)19(23)16-8-7-14-5-3-4-6-15(14)11-16/h3-8,11,13H,9-10,12H2,1-2H3. The highest BCUT2D eigenvalue weighted by molar-refractivity contribution is 7.09. The summed E-state index contributed by atoms with van der Waals surface area (Å²) in [6.07, 6.45) is 0. The number of rotatable bonds is 7. The summed E-state index contributed by atoms with van der Waals surface area (Å²) in [5, 5.41) is 4.40. The molecule has 0 aliphatic carbocycles. The van der Waals surface area contributed by atoms with E-state index in [4.69, 9.17) is 4.74 Å². The zero-order chi connectivity index (χ0) is 19.2. The number of carbonyl (C=O) groups excluding carboxylic acids is 2. The van der Waals surface area contributed by atoms with Crippen molar-refractivity contribution in [3.8, 4) is 0 Å². The number of carbonyl (C=O) groups is 2. The molecule has 3 rings (SSSR count). The van der Waals surface area contributed by atoms with Gasteiger partial charge in [-0.15, -0.1) is 11.3 Å². The molecule has 0 aliphatic heterocycles. The van der Waals surface area contributed by atoms with Gasteiger partial charge >= 0.3 is 5.97 Å². The van der Waals surface area contributed by atoms with Gasteiger partial charge in [0.15, 0.2) is 5.69 Å². The molecular formula is C20H20N2O4S. The lowest BCUT2D eigenvalue weighted by Gasteiger charge is -2.21. The van der Waals surface area contributed by atoms with Gasteiger partial charge < -0.3 is 14.4 Å². The second-order valence-corrected chi connectivity index (χ2v) is 6.84. The maximum Gasteiger partial charge on any atom is 0.357 e. The SMILES string of the molecule is COCCN(Cc1nc(C(=O)OC)cs1)C(=O)c1ccc2ccccc2c1. The van der Waals surface area contributed by atoms with Gasteiger partial charge in [0.25, 0.3) is 5.91 Å². The van der Waals surface area contributed by atoms with E-state index >= 15 is 0 Å². The van der Waals surface area contributed by atoms with Crippen LogP contribution in [0.3, 0.4) is 0 Å². The predicted octanol–water partition coefficient (Wildman–Crippen LogP) is 3.37. The first kappa shape index (κ1) is 19.0. The van der Waals surface area contributed by atoms with Gasteiger partial charge in [0.05, 0.1) is 20.3 Å². The molecule has 1 amide bonds. The summed E-state index contributed by atoms with van der Waals surface area (Å²) >= 11 is 1.32. The van der Waals surface area contributed by atoms with Crippen LogP contribution in [0.5, 0.6) is 0 Å². The van der Waals surface area contributed by atoms with E-state index in [9.17, 15) is 9.59 Å². The van der Waals surface area contributed by atoms with E-state index < -0.39 is 5.97 Å². The molecule has 0 bridgehead atoms. The lowest BCUT2D eigenvalue weighted by atomic mass is 10.1. The zero-order valence-electron chi connectivity index (χ0n) is 15.2. The molecule has 0 radical (unpaired) electrons. The van der Waals surface area contributed by atoms with E-state index in [1.807, 2.05) is 42.5 Å². The first-order chi connectivity index (χ1) is 13.1. The topological polar surface area (TPSA) is 68.7 Å². The minimum Gasteiger partial charge on any atom is -0.464 e. The fourth-order valence-corrected chi connectivity index (χ4v) is 3.48. The number of amides is 1. The van der Waals surface area contributed by atoms with E-state index in [0.29, 0.717) is 30.3 Å². The van der Waals surface area contributed by atoms with Crippen LogP contribution >= 0.6 is 11.3 Å². The highest BCUT2D eigenvalue weighted by Gasteiger charge is 2.19. The number of thiazole rings is 1. The molecule has 1 aromatic heterocycles. The van der Waals surface area contributed by atoms with Crippen molar-refractivity contribution in [1.82, 2.24) is 9.88 Å². The molecule has 0 saturated heterocycles. The normalized spacial score (nSPS) is 10.7. The molecule has 3 aromatic rings. The van der Waals surface area contributed by atoms with Gasteiger partial charge in [0.2, 0.25) is 0 Å². The van der Waals surface area contributed by atoms with Gasteiger partial charge in [-0.05, 0) is 22.9 Å². The molecule has 2 aromatic carbocycles. The molecule has 0 fully saturated rings. The number of ether oxygens (including phenoxy) is 2. The van der Waals surface area contributed by atoms with Crippen LogP contribution in [0.4, 0.5) is 0 Å². The quantitative estimate of drug-likeness (QED) is 0.584. The molecular weight excluding hydrogens is 364 g/mol. The number of aromatic nitrogens is 1. The highest BCUT2D eigenvalue weighted by Crippen LogP contribution is 2.19. The number of fused-ring (bicyclic) bond motifs is 1. The Morgan fingerprint density at radius 1 is 1.11 bits per heavy atom. The van der Waals surface area contributed by atoms with Gasteiger partial charge in [0.1, 0.15) is 5.01 Å². The molecule has 27 heavy (non-hydrogen) atoms. The van der Waals surface area contributed by atoms with E-state index in [1.165, 1.54) is 18.4 Å². The van der Waals surface area contributed by atoms with Gasteiger partial charge in [-0.3, -0.25) is 4.79 Å². The summed E-state index contributed by atoms with van der Waals surface area (Å²) in [5.74, 6) is -0.589. The molecule has 0 atom stereocenters. The van der Waals surface area contributed by atoms with E-state index in [-0.39, 0.29) is 11.6 Å². The lowest BCUT2D eigenvalue weighted by molar-refractivity contribution is 0.0594. The predicted molar refractivity (Wildman–Crippen MR) is 104 cm³/mol. The van der Waals surface area contributed by atoms with Crippen molar-refractivity contribution >= 4 is 34.0 Å². The molecule has 140 valence electrons. The smallest absolute Gasteiger partial charge is 0.357 e. The summed E-state index contributed by atoms with van der Waals surface area (Å²) < 4.78 is 9.82. The third kappa shape index (κ3) is 4.50. The number of benzene rings is 2. The number of hydrogen-bond donors (Lipinski definition) is 0. The second kappa shape index (κ2) is 8.75. The maximum absolute atomic E-state index is 13.1. The van der Waals surface area contributed by atoms with Crippen molar-refractivity contribution in [3.63, 3.8) is 0 Å². The Kier molecular flexibility index (Phi) is 6.16. The minimum absolute atomic E-state index is 0.104. The molecule has 0 aliphatic rings. The summed E-state index contributed by atoms with van der Waals surface area (Å²) in [6.45, 7) is 1.14. The van der Waals surface area contributed by atoms with Crippen LogP contribution < -0.4 is 0 Å². The second-order valence-electron chi connectivity index (χ2n) is 5.90. The van der Waals surface area contributed by atoms with Crippen molar-refractivity contribution < 1.29 is 19.1 Å². The first-order valence-electron chi connectivity index (χ1n) is 8.42. The van der Waals surface area contributed by atoms with Crippen molar-refractivity contribution in [2.24, 2.45) is 0 Å². The van der Waals surface area contributed by atoms with Gasteiger partial charge in [0, 0.05) is 24.6 Å². The van der Waals surface area contributed by atoms with Crippen molar-refractivity contribution in [3.05, 3.63) is 64.1 Å². The average Bonchev–Trinajstić information content (AvgIpc) is 3.18. The number of nitrogens with zero attached hydrogens (tertiary/aromatic N) is 2. The average molecular weight is 384 g/mol. The van der Waals surface area contributed by atoms with Crippen LogP contribution in [0.15, 0.2) is 47.8 Å². The monoisotopic (exact) mass is 384 g/mol. The summed E-state index contributed by atoms with van der Waals surface area (Å²) in [4.78, 5) is 30.6. The molecule has 1 heterocycles. The summed E-state index contributed by atoms with van der Waals surface area (Å²) in [7, 11) is 2.91.